The molecule has 8 heteroatoms. The van der Waals surface area contributed by atoms with Gasteiger partial charge in [0, 0.05) is 19.9 Å². The fourth-order valence-electron chi connectivity index (χ4n) is 5.13. The third-order valence-electron chi connectivity index (χ3n) is 6.79. The number of hydrogen-bond donors (Lipinski definition) is 3. The van der Waals surface area contributed by atoms with E-state index in [4.69, 9.17) is 5.11 Å². The maximum Gasteiger partial charge on any atom is 0.303 e. The van der Waals surface area contributed by atoms with Crippen LogP contribution in [0, 0.1) is 11.8 Å². The van der Waals surface area contributed by atoms with Crippen molar-refractivity contribution in [3.8, 4) is 0 Å². The minimum Gasteiger partial charge on any atom is -0.481 e. The topological polar surface area (TPSA) is 110 Å². The maximum atomic E-state index is 12.3. The molecule has 2 amide bonds. The Labute approximate surface area is 175 Å². The van der Waals surface area contributed by atoms with Crippen LogP contribution < -0.4 is 15.1 Å². The summed E-state index contributed by atoms with van der Waals surface area (Å²) >= 11 is 0. The number of nitrogens with zero attached hydrogens (tertiary/aromatic N) is 2. The molecule has 2 aliphatic heterocycles. The lowest BCUT2D eigenvalue weighted by atomic mass is 9.78. The van der Waals surface area contributed by atoms with Crippen LogP contribution in [0.25, 0.3) is 0 Å². The number of fused-ring (bicyclic) bond motifs is 1. The number of imide groups is 1. The van der Waals surface area contributed by atoms with Gasteiger partial charge in [-0.05, 0) is 68.1 Å². The Hall–Kier alpha value is -2.61. The van der Waals surface area contributed by atoms with Crippen LogP contribution in [0.4, 0.5) is 11.4 Å². The van der Waals surface area contributed by atoms with Gasteiger partial charge in [0.15, 0.2) is 0 Å². The average molecular weight is 415 g/mol. The molecule has 3 N–H and O–H groups in total. The highest BCUT2D eigenvalue weighted by Gasteiger charge is 2.42. The lowest BCUT2D eigenvalue weighted by Crippen LogP contribution is -2.56. The van der Waals surface area contributed by atoms with Crippen LogP contribution in [0.5, 0.6) is 0 Å². The summed E-state index contributed by atoms with van der Waals surface area (Å²) in [6.45, 7) is 0. The summed E-state index contributed by atoms with van der Waals surface area (Å²) in [5.41, 5.74) is 2.86. The van der Waals surface area contributed by atoms with Gasteiger partial charge in [0.2, 0.25) is 18.2 Å². The molecule has 0 aromatic heterocycles. The molecule has 3 aliphatic rings. The number of piperidine rings is 1. The van der Waals surface area contributed by atoms with Crippen molar-refractivity contribution in [1.82, 2.24) is 5.32 Å². The molecule has 4 rings (SSSR count). The largest absolute Gasteiger partial charge is 0.481 e. The number of benzene rings is 1. The Kier molecular flexibility index (Phi) is 5.69. The van der Waals surface area contributed by atoms with E-state index in [1.165, 1.54) is 5.56 Å². The molecule has 1 aliphatic carbocycles. The zero-order valence-electron chi connectivity index (χ0n) is 17.2. The predicted octanol–water partition coefficient (Wildman–Crippen LogP) is 1.85. The number of carboxylic acid groups (broad SMARTS) is 1. The molecule has 8 nitrogen and oxygen atoms in total. The molecule has 1 saturated carbocycles. The van der Waals surface area contributed by atoms with Crippen LogP contribution in [0.15, 0.2) is 18.2 Å². The van der Waals surface area contributed by atoms with Gasteiger partial charge >= 0.3 is 5.97 Å². The van der Waals surface area contributed by atoms with Crippen molar-refractivity contribution in [1.29, 1.82) is 0 Å². The van der Waals surface area contributed by atoms with Gasteiger partial charge in [0.05, 0.1) is 11.4 Å². The lowest BCUT2D eigenvalue weighted by molar-refractivity contribution is -0.138. The maximum absolute atomic E-state index is 12.3. The van der Waals surface area contributed by atoms with Crippen LogP contribution in [-0.4, -0.2) is 47.4 Å². The van der Waals surface area contributed by atoms with Crippen molar-refractivity contribution >= 4 is 29.2 Å². The van der Waals surface area contributed by atoms with E-state index >= 15 is 0 Å². The first-order chi connectivity index (χ1) is 14.3. The molecule has 1 aromatic rings. The van der Waals surface area contributed by atoms with E-state index in [0.717, 1.165) is 43.5 Å². The van der Waals surface area contributed by atoms with Crippen LogP contribution in [-0.2, 0) is 20.8 Å². The third kappa shape index (κ3) is 4.01. The van der Waals surface area contributed by atoms with Crippen LogP contribution in [0.3, 0.4) is 0 Å². The van der Waals surface area contributed by atoms with E-state index in [-0.39, 0.29) is 24.7 Å². The second-order valence-corrected chi connectivity index (χ2v) is 8.84. The Morgan fingerprint density at radius 1 is 1.10 bits per heavy atom. The summed E-state index contributed by atoms with van der Waals surface area (Å²) in [6, 6.07) is 5.51. The van der Waals surface area contributed by atoms with E-state index in [9.17, 15) is 19.5 Å². The van der Waals surface area contributed by atoms with E-state index < -0.39 is 18.4 Å². The molecule has 2 atom stereocenters. The third-order valence-corrected chi connectivity index (χ3v) is 6.79. The van der Waals surface area contributed by atoms with Crippen molar-refractivity contribution in [2.75, 3.05) is 16.8 Å². The first kappa shape index (κ1) is 20.7. The zero-order valence-corrected chi connectivity index (χ0v) is 17.2. The highest BCUT2D eigenvalue weighted by molar-refractivity contribution is 6.02. The number of aliphatic carboxylic acids is 1. The number of carbonyl (C=O) groups excluding carboxylic acids is 2. The molecular weight excluding hydrogens is 386 g/mol. The first-order valence-electron chi connectivity index (χ1n) is 10.7. The first-order valence-corrected chi connectivity index (χ1v) is 10.7. The van der Waals surface area contributed by atoms with E-state index in [0.29, 0.717) is 18.3 Å². The normalized spacial score (nSPS) is 29.0. The summed E-state index contributed by atoms with van der Waals surface area (Å²) in [4.78, 5) is 38.2. The Bertz CT molecular complexity index is 849. The molecule has 30 heavy (non-hydrogen) atoms. The number of carboxylic acids is 1. The number of hydrogen-bond acceptors (Lipinski definition) is 6. The Morgan fingerprint density at radius 2 is 1.80 bits per heavy atom. The van der Waals surface area contributed by atoms with Gasteiger partial charge in [-0.2, -0.15) is 0 Å². The SMILES string of the molecule is CN1c2cc(CC3CCC(CC(=O)O)CC3)ccc2N([C@@H]2CCC(=O)NC2=O)C1O. The van der Waals surface area contributed by atoms with Gasteiger partial charge in [-0.1, -0.05) is 6.07 Å². The Morgan fingerprint density at radius 3 is 2.47 bits per heavy atom. The minimum absolute atomic E-state index is 0.265. The monoisotopic (exact) mass is 415 g/mol. The Balaban J connectivity index is 1.45. The highest BCUT2D eigenvalue weighted by Crippen LogP contribution is 2.42. The minimum atomic E-state index is -0.953. The molecule has 1 unspecified atom stereocenters. The van der Waals surface area contributed by atoms with Gasteiger partial charge in [0.1, 0.15) is 6.04 Å². The zero-order chi connectivity index (χ0) is 21.4. The van der Waals surface area contributed by atoms with Gasteiger partial charge in [-0.15, -0.1) is 0 Å². The number of nitrogens with one attached hydrogen (secondary N) is 1. The van der Waals surface area contributed by atoms with Gasteiger partial charge in [-0.25, -0.2) is 0 Å². The van der Waals surface area contributed by atoms with E-state index in [1.807, 2.05) is 12.1 Å². The number of amides is 2. The van der Waals surface area contributed by atoms with Crippen LogP contribution >= 0.6 is 0 Å². The lowest BCUT2D eigenvalue weighted by Gasteiger charge is -2.34. The second-order valence-electron chi connectivity index (χ2n) is 8.84. The highest BCUT2D eigenvalue weighted by atomic mass is 16.4. The fourth-order valence-corrected chi connectivity index (χ4v) is 5.13. The van der Waals surface area contributed by atoms with Crippen molar-refractivity contribution in [2.45, 2.75) is 63.8 Å². The van der Waals surface area contributed by atoms with Gasteiger partial charge in [-0.3, -0.25) is 19.7 Å². The molecule has 0 bridgehead atoms. The standard InChI is InChI=1S/C22H29N3O5/c1-24-18-11-15(10-13-2-4-14(5-3-13)12-20(27)28)6-7-16(18)25(22(24)30)17-8-9-19(26)23-21(17)29/h6-7,11,13-14,17,22,30H,2-5,8-10,12H2,1H3,(H,27,28)(H,23,26,29)/t13?,14?,17-,22?/m1/s1. The van der Waals surface area contributed by atoms with Crippen LogP contribution in [0.1, 0.15) is 50.5 Å². The summed E-state index contributed by atoms with van der Waals surface area (Å²) in [5, 5.41) is 22.1. The molecule has 2 fully saturated rings. The summed E-state index contributed by atoms with van der Waals surface area (Å²) in [6.07, 6.45) is 4.89. The summed E-state index contributed by atoms with van der Waals surface area (Å²) in [5.74, 6) is -0.516. The van der Waals surface area contributed by atoms with Gasteiger partial charge in [0.25, 0.3) is 0 Å². The summed E-state index contributed by atoms with van der Waals surface area (Å²) in [7, 11) is 1.80. The van der Waals surface area contributed by atoms with Crippen molar-refractivity contribution in [2.24, 2.45) is 11.8 Å². The summed E-state index contributed by atoms with van der Waals surface area (Å²) < 4.78 is 0. The quantitative estimate of drug-likeness (QED) is 0.630. The molecule has 1 aromatic carbocycles. The average Bonchev–Trinajstić information content (AvgIpc) is 2.94. The molecule has 162 valence electrons. The van der Waals surface area contributed by atoms with Crippen molar-refractivity contribution in [3.63, 3.8) is 0 Å². The van der Waals surface area contributed by atoms with E-state index in [2.05, 4.69) is 11.4 Å². The van der Waals surface area contributed by atoms with Crippen molar-refractivity contribution < 1.29 is 24.6 Å². The van der Waals surface area contributed by atoms with E-state index in [1.54, 1.807) is 16.8 Å². The second kappa shape index (κ2) is 8.26. The smallest absolute Gasteiger partial charge is 0.303 e. The number of aliphatic hydroxyl groups excluding tert-OH is 1. The van der Waals surface area contributed by atoms with Crippen LogP contribution in [0.2, 0.25) is 0 Å². The molecule has 0 spiro atoms. The fraction of sp³-hybridized carbons (Fsp3) is 0.591. The molecule has 1 saturated heterocycles. The molecular formula is C22H29N3O5. The molecule has 0 radical (unpaired) electrons. The number of carbonyl (C=O) groups is 3. The van der Waals surface area contributed by atoms with Gasteiger partial charge < -0.3 is 20.0 Å². The molecule has 2 heterocycles. The van der Waals surface area contributed by atoms with Crippen molar-refractivity contribution in [3.05, 3.63) is 23.8 Å². The number of rotatable bonds is 5. The number of aliphatic hydroxyl groups is 1. The predicted molar refractivity (Wildman–Crippen MR) is 111 cm³/mol. The number of anilines is 2.